The number of rotatable bonds is 6. The maximum atomic E-state index is 13.6. The van der Waals surface area contributed by atoms with Crippen molar-refractivity contribution in [3.05, 3.63) is 76.2 Å². The Morgan fingerprint density at radius 2 is 1.79 bits per heavy atom. The van der Waals surface area contributed by atoms with Crippen molar-refractivity contribution in [3.8, 4) is 22.4 Å². The third-order valence-corrected chi connectivity index (χ3v) is 4.96. The lowest BCUT2D eigenvalue weighted by Crippen LogP contribution is -2.25. The third kappa shape index (κ3) is 4.18. The average molecular weight is 444 g/mol. The Hall–Kier alpha value is -4.47. The molecule has 3 heterocycles. The fraction of sp³-hybridized carbons (Fsp3) is 0.130. The van der Waals surface area contributed by atoms with E-state index in [4.69, 9.17) is 16.6 Å². The topological polar surface area (TPSA) is 139 Å². The minimum atomic E-state index is -0.544. The summed E-state index contributed by atoms with van der Waals surface area (Å²) in [6.45, 7) is 3.61. The van der Waals surface area contributed by atoms with Gasteiger partial charge in [0.1, 0.15) is 5.82 Å². The zero-order chi connectivity index (χ0) is 23.7. The van der Waals surface area contributed by atoms with Crippen LogP contribution in [0.2, 0.25) is 0 Å². The van der Waals surface area contributed by atoms with Crippen LogP contribution in [0.15, 0.2) is 53.3 Å². The lowest BCUT2D eigenvalue weighted by atomic mass is 9.99. The number of nitrogens with one attached hydrogen (secondary N) is 2. The van der Waals surface area contributed by atoms with Crippen molar-refractivity contribution in [1.82, 2.24) is 24.1 Å². The van der Waals surface area contributed by atoms with E-state index in [-0.39, 0.29) is 29.7 Å². The number of halogens is 1. The van der Waals surface area contributed by atoms with E-state index in [0.717, 1.165) is 27.8 Å². The Balaban J connectivity index is 2.04. The number of fused-ring (bicyclic) bond motifs is 1. The summed E-state index contributed by atoms with van der Waals surface area (Å²) in [6.07, 6.45) is 3.84. The molecule has 0 fully saturated rings. The van der Waals surface area contributed by atoms with Crippen molar-refractivity contribution in [2.45, 2.75) is 20.4 Å². The van der Waals surface area contributed by atoms with Gasteiger partial charge in [0.25, 0.3) is 0 Å². The smallest absolute Gasteiger partial charge is 0.353 e. The van der Waals surface area contributed by atoms with Crippen molar-refractivity contribution in [2.75, 3.05) is 5.73 Å². The van der Waals surface area contributed by atoms with Crippen LogP contribution in [0, 0.1) is 30.5 Å². The summed E-state index contributed by atoms with van der Waals surface area (Å²) in [5, 5.41) is 19.6. The standard InChI is InChI=1S/C23H21FN8O/c1-13-10-16(11-14(2)28-13)19-20(15-5-7-17(24)8-6-15)29-22(27)32-21(19)30-31(23(32)33)12-18(26)4-3-9-25/h3-11,25-26H,12H2,1-2H3,(H2,27,29)/b4-3-,25-9?,26-18?. The van der Waals surface area contributed by atoms with E-state index in [2.05, 4.69) is 15.1 Å². The predicted molar refractivity (Wildman–Crippen MR) is 125 cm³/mol. The van der Waals surface area contributed by atoms with E-state index in [9.17, 15) is 9.18 Å². The van der Waals surface area contributed by atoms with Gasteiger partial charge < -0.3 is 16.6 Å². The first kappa shape index (κ1) is 21.8. The van der Waals surface area contributed by atoms with E-state index in [1.165, 1.54) is 28.7 Å². The van der Waals surface area contributed by atoms with Crippen LogP contribution in [0.4, 0.5) is 10.3 Å². The van der Waals surface area contributed by atoms with Crippen LogP contribution in [0.1, 0.15) is 11.4 Å². The van der Waals surface area contributed by atoms with Gasteiger partial charge >= 0.3 is 5.69 Å². The number of hydrogen-bond acceptors (Lipinski definition) is 7. The molecule has 33 heavy (non-hydrogen) atoms. The van der Waals surface area contributed by atoms with Crippen LogP contribution in [-0.4, -0.2) is 36.1 Å². The number of nitrogens with zero attached hydrogens (tertiary/aromatic N) is 5. The number of nitrogen functional groups attached to an aromatic ring is 1. The van der Waals surface area contributed by atoms with Gasteiger partial charge in [0.2, 0.25) is 5.95 Å². The lowest BCUT2D eigenvalue weighted by molar-refractivity contribution is 0.628. The van der Waals surface area contributed by atoms with E-state index in [1.807, 2.05) is 26.0 Å². The molecule has 1 aromatic carbocycles. The Bertz CT molecular complexity index is 1460. The van der Waals surface area contributed by atoms with Crippen molar-refractivity contribution in [2.24, 2.45) is 0 Å². The molecule has 0 unspecified atom stereocenters. The quantitative estimate of drug-likeness (QED) is 0.392. The number of hydrogen-bond donors (Lipinski definition) is 3. The molecule has 0 saturated carbocycles. The number of allylic oxidation sites excluding steroid dienone is 2. The van der Waals surface area contributed by atoms with E-state index in [1.54, 1.807) is 12.1 Å². The number of anilines is 1. The molecule has 4 rings (SSSR count). The van der Waals surface area contributed by atoms with E-state index in [0.29, 0.717) is 16.8 Å². The molecule has 10 heteroatoms. The van der Waals surface area contributed by atoms with Crippen LogP contribution in [-0.2, 0) is 6.54 Å². The van der Waals surface area contributed by atoms with E-state index < -0.39 is 5.69 Å². The molecule has 0 aliphatic heterocycles. The summed E-state index contributed by atoms with van der Waals surface area (Å²) in [6, 6.07) is 9.53. The largest absolute Gasteiger partial charge is 0.369 e. The van der Waals surface area contributed by atoms with Crippen LogP contribution in [0.25, 0.3) is 28.0 Å². The van der Waals surface area contributed by atoms with Gasteiger partial charge in [0.15, 0.2) is 5.65 Å². The zero-order valence-electron chi connectivity index (χ0n) is 18.0. The Morgan fingerprint density at radius 1 is 1.12 bits per heavy atom. The lowest BCUT2D eigenvalue weighted by Gasteiger charge is -2.13. The van der Waals surface area contributed by atoms with Gasteiger partial charge in [-0.1, -0.05) is 0 Å². The van der Waals surface area contributed by atoms with Gasteiger partial charge in [0, 0.05) is 23.2 Å². The fourth-order valence-corrected chi connectivity index (χ4v) is 3.65. The van der Waals surface area contributed by atoms with Gasteiger partial charge in [-0.3, -0.25) is 4.98 Å². The highest BCUT2D eigenvalue weighted by Gasteiger charge is 2.22. The first-order valence-electron chi connectivity index (χ1n) is 10.0. The number of pyridine rings is 1. The highest BCUT2D eigenvalue weighted by molar-refractivity contribution is 5.95. The Morgan fingerprint density at radius 3 is 2.42 bits per heavy atom. The van der Waals surface area contributed by atoms with Crippen molar-refractivity contribution in [3.63, 3.8) is 0 Å². The van der Waals surface area contributed by atoms with Crippen molar-refractivity contribution in [1.29, 1.82) is 10.8 Å². The maximum absolute atomic E-state index is 13.6. The molecule has 3 aromatic heterocycles. The fourth-order valence-electron chi connectivity index (χ4n) is 3.65. The molecule has 0 bridgehead atoms. The molecule has 4 aromatic rings. The number of nitrogens with two attached hydrogens (primary N) is 1. The Kier molecular flexibility index (Phi) is 5.65. The van der Waals surface area contributed by atoms with E-state index >= 15 is 0 Å². The second-order valence-corrected chi connectivity index (χ2v) is 7.49. The summed E-state index contributed by atoms with van der Waals surface area (Å²) < 4.78 is 15.9. The molecule has 0 aliphatic carbocycles. The Labute approximate surface area is 188 Å². The van der Waals surface area contributed by atoms with Gasteiger partial charge in [-0.15, -0.1) is 5.10 Å². The van der Waals surface area contributed by atoms with Gasteiger partial charge in [0.05, 0.1) is 23.5 Å². The molecule has 0 atom stereocenters. The first-order chi connectivity index (χ1) is 15.8. The summed E-state index contributed by atoms with van der Waals surface area (Å²) in [5.41, 5.74) is 9.84. The second kappa shape index (κ2) is 8.58. The number of benzene rings is 1. The zero-order valence-corrected chi connectivity index (χ0v) is 18.0. The van der Waals surface area contributed by atoms with Crippen LogP contribution in [0.3, 0.4) is 0 Å². The summed E-state index contributed by atoms with van der Waals surface area (Å²) in [5.74, 6) is -0.463. The average Bonchev–Trinajstić information content (AvgIpc) is 3.08. The molecular formula is C23H21FN8O. The van der Waals surface area contributed by atoms with Crippen molar-refractivity contribution >= 4 is 23.5 Å². The minimum absolute atomic E-state index is 0.0756. The maximum Gasteiger partial charge on any atom is 0.353 e. The van der Waals surface area contributed by atoms with Crippen LogP contribution in [0.5, 0.6) is 0 Å². The highest BCUT2D eigenvalue weighted by atomic mass is 19.1. The van der Waals surface area contributed by atoms with Gasteiger partial charge in [-0.25, -0.2) is 23.3 Å². The first-order valence-corrected chi connectivity index (χ1v) is 10.0. The number of aromatic nitrogens is 5. The summed E-state index contributed by atoms with van der Waals surface area (Å²) in [4.78, 5) is 22.0. The van der Waals surface area contributed by atoms with Gasteiger partial charge in [-0.05, 0) is 68.0 Å². The van der Waals surface area contributed by atoms with Crippen LogP contribution < -0.4 is 11.4 Å². The molecule has 0 aliphatic rings. The molecule has 4 N–H and O–H groups in total. The minimum Gasteiger partial charge on any atom is -0.369 e. The summed E-state index contributed by atoms with van der Waals surface area (Å²) in [7, 11) is 0. The molecule has 9 nitrogen and oxygen atoms in total. The monoisotopic (exact) mass is 444 g/mol. The second-order valence-electron chi connectivity index (χ2n) is 7.49. The number of aryl methyl sites for hydroxylation is 2. The highest BCUT2D eigenvalue weighted by Crippen LogP contribution is 2.34. The molecule has 0 amide bonds. The third-order valence-electron chi connectivity index (χ3n) is 4.96. The summed E-state index contributed by atoms with van der Waals surface area (Å²) >= 11 is 0. The van der Waals surface area contributed by atoms with Gasteiger partial charge in [-0.2, -0.15) is 0 Å². The molecule has 0 radical (unpaired) electrons. The molecule has 0 spiro atoms. The molecule has 166 valence electrons. The molecular weight excluding hydrogens is 423 g/mol. The normalized spacial score (nSPS) is 11.4. The predicted octanol–water partition coefficient (Wildman–Crippen LogP) is 3.18. The van der Waals surface area contributed by atoms with Crippen LogP contribution >= 0.6 is 0 Å². The van der Waals surface area contributed by atoms with Crippen molar-refractivity contribution < 1.29 is 4.39 Å². The SMILES string of the molecule is Cc1cc(-c2c(-c3ccc(F)cc3)nc(N)n3c(=O)n(CC(=N)/C=C\C=N)nc23)cc(C)n1. The molecule has 0 saturated heterocycles.